The molecule has 2 saturated heterocycles. The van der Waals surface area contributed by atoms with E-state index in [0.717, 1.165) is 12.5 Å². The lowest BCUT2D eigenvalue weighted by Crippen LogP contribution is -2.52. The van der Waals surface area contributed by atoms with Gasteiger partial charge < -0.3 is 14.2 Å². The number of hydrogen-bond acceptors (Lipinski definition) is 3. The van der Waals surface area contributed by atoms with Crippen molar-refractivity contribution in [3.63, 3.8) is 0 Å². The average molecular weight is 274 g/mol. The first-order valence-corrected chi connectivity index (χ1v) is 7.73. The first-order valence-electron chi connectivity index (χ1n) is 7.73. The highest BCUT2D eigenvalue weighted by molar-refractivity contribution is 5.15. The zero-order valence-electron chi connectivity index (χ0n) is 11.8. The Morgan fingerprint density at radius 3 is 2.60 bits per heavy atom. The summed E-state index contributed by atoms with van der Waals surface area (Å²) in [4.78, 5) is 0. The van der Waals surface area contributed by atoms with Crippen LogP contribution < -0.4 is 0 Å². The van der Waals surface area contributed by atoms with Gasteiger partial charge in [0.15, 0.2) is 0 Å². The maximum Gasteiger partial charge on any atom is 0.0764 e. The average Bonchev–Trinajstić information content (AvgIpc) is 3.09. The second-order valence-electron chi connectivity index (χ2n) is 6.44. The van der Waals surface area contributed by atoms with Crippen molar-refractivity contribution in [2.24, 2.45) is 11.8 Å². The molecule has 5 rings (SSSR count). The third-order valence-electron chi connectivity index (χ3n) is 5.20. The molecular formula is C17H22O3. The normalized spacial score (nSPS) is 37.1. The monoisotopic (exact) mass is 274 g/mol. The standard InChI is InChI=1S/C17H22O3/c1-2-4-13(5-3-1)11-18-6-7-19-12-15-8-14-9-17(15)10-16(14)20-17/h1-5,14-16H,6-12H2. The van der Waals surface area contributed by atoms with Gasteiger partial charge in [-0.25, -0.2) is 0 Å². The van der Waals surface area contributed by atoms with E-state index in [-0.39, 0.29) is 5.60 Å². The van der Waals surface area contributed by atoms with Crippen LogP contribution in [0.15, 0.2) is 30.3 Å². The highest BCUT2D eigenvalue weighted by Crippen LogP contribution is 2.63. The van der Waals surface area contributed by atoms with Crippen LogP contribution in [0.3, 0.4) is 0 Å². The quantitative estimate of drug-likeness (QED) is 0.716. The van der Waals surface area contributed by atoms with E-state index in [1.165, 1.54) is 24.8 Å². The maximum atomic E-state index is 5.97. The topological polar surface area (TPSA) is 27.7 Å². The molecule has 2 saturated carbocycles. The molecule has 2 aliphatic carbocycles. The first kappa shape index (κ1) is 12.8. The van der Waals surface area contributed by atoms with Gasteiger partial charge >= 0.3 is 0 Å². The Labute approximate surface area is 120 Å². The molecule has 4 aliphatic rings. The lowest BCUT2D eigenvalue weighted by atomic mass is 9.79. The van der Waals surface area contributed by atoms with E-state index in [0.29, 0.717) is 31.8 Å². The summed E-state index contributed by atoms with van der Waals surface area (Å²) in [6.45, 7) is 2.87. The molecule has 108 valence electrons. The summed E-state index contributed by atoms with van der Waals surface area (Å²) in [5, 5.41) is 0. The van der Waals surface area contributed by atoms with Gasteiger partial charge in [-0.3, -0.25) is 0 Å². The molecule has 2 aliphatic heterocycles. The summed E-state index contributed by atoms with van der Waals surface area (Å²) < 4.78 is 17.4. The Balaban J connectivity index is 1.11. The first-order chi connectivity index (χ1) is 9.86. The number of rotatable bonds is 7. The highest BCUT2D eigenvalue weighted by atomic mass is 16.6. The Morgan fingerprint density at radius 2 is 1.90 bits per heavy atom. The molecule has 3 nitrogen and oxygen atoms in total. The van der Waals surface area contributed by atoms with Crippen LogP contribution in [-0.2, 0) is 20.8 Å². The molecule has 1 aromatic rings. The minimum absolute atomic E-state index is 0.222. The second-order valence-corrected chi connectivity index (χ2v) is 6.44. The van der Waals surface area contributed by atoms with Crippen LogP contribution in [-0.4, -0.2) is 31.5 Å². The maximum absolute atomic E-state index is 5.97. The van der Waals surface area contributed by atoms with Crippen LogP contribution >= 0.6 is 0 Å². The number of ether oxygens (including phenoxy) is 3. The zero-order valence-corrected chi connectivity index (χ0v) is 11.8. The van der Waals surface area contributed by atoms with Crippen LogP contribution in [0.1, 0.15) is 24.8 Å². The summed E-state index contributed by atoms with van der Waals surface area (Å²) in [7, 11) is 0. The van der Waals surface area contributed by atoms with E-state index in [1.54, 1.807) is 0 Å². The molecule has 2 heterocycles. The van der Waals surface area contributed by atoms with Gasteiger partial charge in [0.25, 0.3) is 0 Å². The highest BCUT2D eigenvalue weighted by Gasteiger charge is 2.66. The van der Waals surface area contributed by atoms with Crippen molar-refractivity contribution in [2.75, 3.05) is 19.8 Å². The van der Waals surface area contributed by atoms with Crippen LogP contribution in [0.4, 0.5) is 0 Å². The lowest BCUT2D eigenvalue weighted by Gasteiger charge is -2.47. The Morgan fingerprint density at radius 1 is 1.10 bits per heavy atom. The molecule has 0 aromatic heterocycles. The SMILES string of the molecule is c1ccc(COCCOCC2CC3CC24CC3O4)cc1. The van der Waals surface area contributed by atoms with Gasteiger partial charge in [-0.15, -0.1) is 0 Å². The molecule has 4 fully saturated rings. The third-order valence-corrected chi connectivity index (χ3v) is 5.20. The van der Waals surface area contributed by atoms with E-state index in [4.69, 9.17) is 14.2 Å². The number of hydrogen-bond donors (Lipinski definition) is 0. The predicted molar refractivity (Wildman–Crippen MR) is 75.4 cm³/mol. The fourth-order valence-electron chi connectivity index (χ4n) is 4.17. The summed E-state index contributed by atoms with van der Waals surface area (Å²) in [6.07, 6.45) is 4.49. The van der Waals surface area contributed by atoms with E-state index >= 15 is 0 Å². The summed E-state index contributed by atoms with van der Waals surface area (Å²) in [5.41, 5.74) is 1.44. The Hall–Kier alpha value is -0.900. The van der Waals surface area contributed by atoms with E-state index < -0.39 is 0 Å². The van der Waals surface area contributed by atoms with Crippen molar-refractivity contribution in [3.05, 3.63) is 35.9 Å². The Kier molecular flexibility index (Phi) is 3.29. The molecule has 3 bridgehead atoms. The third kappa shape index (κ3) is 2.18. The van der Waals surface area contributed by atoms with Crippen molar-refractivity contribution in [2.45, 2.75) is 37.6 Å². The fraction of sp³-hybridized carbons (Fsp3) is 0.647. The smallest absolute Gasteiger partial charge is 0.0764 e. The van der Waals surface area contributed by atoms with Crippen LogP contribution in [0, 0.1) is 11.8 Å². The molecular weight excluding hydrogens is 252 g/mol. The molecule has 3 heteroatoms. The molecule has 0 radical (unpaired) electrons. The number of benzene rings is 1. The molecule has 20 heavy (non-hydrogen) atoms. The summed E-state index contributed by atoms with van der Waals surface area (Å²) in [6, 6.07) is 10.3. The minimum Gasteiger partial charge on any atom is -0.379 e. The van der Waals surface area contributed by atoms with E-state index in [9.17, 15) is 0 Å². The van der Waals surface area contributed by atoms with Gasteiger partial charge in [0.2, 0.25) is 0 Å². The molecule has 0 N–H and O–H groups in total. The van der Waals surface area contributed by atoms with Crippen molar-refractivity contribution in [3.8, 4) is 0 Å². The lowest BCUT2D eigenvalue weighted by molar-refractivity contribution is -0.218. The van der Waals surface area contributed by atoms with Gasteiger partial charge in [-0.2, -0.15) is 0 Å². The van der Waals surface area contributed by atoms with E-state index in [1.807, 2.05) is 18.2 Å². The fourth-order valence-corrected chi connectivity index (χ4v) is 4.17. The molecule has 1 spiro atoms. The van der Waals surface area contributed by atoms with Gasteiger partial charge in [0.1, 0.15) is 0 Å². The van der Waals surface area contributed by atoms with Gasteiger partial charge in [-0.05, 0) is 24.3 Å². The minimum atomic E-state index is 0.222. The van der Waals surface area contributed by atoms with Gasteiger partial charge in [0, 0.05) is 12.3 Å². The van der Waals surface area contributed by atoms with Gasteiger partial charge in [0.05, 0.1) is 38.1 Å². The zero-order chi connectivity index (χ0) is 13.4. The van der Waals surface area contributed by atoms with Crippen molar-refractivity contribution >= 4 is 0 Å². The second kappa shape index (κ2) is 5.14. The molecule has 1 aromatic carbocycles. The molecule has 4 unspecified atom stereocenters. The summed E-state index contributed by atoms with van der Waals surface area (Å²) in [5.74, 6) is 1.46. The largest absolute Gasteiger partial charge is 0.379 e. The molecule has 0 amide bonds. The molecule has 4 atom stereocenters. The van der Waals surface area contributed by atoms with Crippen molar-refractivity contribution < 1.29 is 14.2 Å². The van der Waals surface area contributed by atoms with Crippen molar-refractivity contribution in [1.82, 2.24) is 0 Å². The van der Waals surface area contributed by atoms with E-state index in [2.05, 4.69) is 12.1 Å². The van der Waals surface area contributed by atoms with Crippen LogP contribution in [0.5, 0.6) is 0 Å². The van der Waals surface area contributed by atoms with Crippen LogP contribution in [0.2, 0.25) is 0 Å². The van der Waals surface area contributed by atoms with Crippen LogP contribution in [0.25, 0.3) is 0 Å². The predicted octanol–water partition coefficient (Wildman–Crippen LogP) is 2.79. The summed E-state index contributed by atoms with van der Waals surface area (Å²) >= 11 is 0. The Bertz CT molecular complexity index is 453. The van der Waals surface area contributed by atoms with Crippen molar-refractivity contribution in [1.29, 1.82) is 0 Å². The van der Waals surface area contributed by atoms with Gasteiger partial charge in [-0.1, -0.05) is 30.3 Å².